The molecular weight excluding hydrogens is 1250 g/mol. The molecule has 0 aromatic heterocycles. The van der Waals surface area contributed by atoms with Gasteiger partial charge in [0.05, 0.1) is 26.4 Å². The second-order valence-electron chi connectivity index (χ2n) is 26.7. The third-order valence-corrected chi connectivity index (χ3v) is 19.1. The summed E-state index contributed by atoms with van der Waals surface area (Å²) in [5, 5.41) is 10.6. The van der Waals surface area contributed by atoms with Gasteiger partial charge in [-0.3, -0.25) is 37.3 Å². The van der Waals surface area contributed by atoms with Crippen molar-refractivity contribution in [3.63, 3.8) is 0 Å². The van der Waals surface area contributed by atoms with Crippen molar-refractivity contribution in [3.05, 3.63) is 24.3 Å². The van der Waals surface area contributed by atoms with E-state index in [4.69, 9.17) is 37.0 Å². The van der Waals surface area contributed by atoms with Crippen LogP contribution < -0.4 is 0 Å². The van der Waals surface area contributed by atoms with Gasteiger partial charge >= 0.3 is 39.5 Å². The Morgan fingerprint density at radius 1 is 0.295 bits per heavy atom. The van der Waals surface area contributed by atoms with Crippen LogP contribution in [0.5, 0.6) is 0 Å². The van der Waals surface area contributed by atoms with Crippen molar-refractivity contribution in [3.8, 4) is 0 Å². The number of unbranched alkanes of at least 4 members (excludes halogenated alkanes) is 46. The van der Waals surface area contributed by atoms with Gasteiger partial charge in [-0.1, -0.05) is 328 Å². The van der Waals surface area contributed by atoms with Crippen LogP contribution in [0.2, 0.25) is 0 Å². The number of carbonyl (C=O) groups is 4. The van der Waals surface area contributed by atoms with Crippen LogP contribution in [0.25, 0.3) is 0 Å². The molecule has 3 N–H and O–H groups in total. The van der Waals surface area contributed by atoms with E-state index in [2.05, 4.69) is 52.0 Å². The summed E-state index contributed by atoms with van der Waals surface area (Å²) in [7, 11) is -9.92. The van der Waals surface area contributed by atoms with Gasteiger partial charge in [0.15, 0.2) is 12.2 Å². The minimum absolute atomic E-state index is 0.102. The summed E-state index contributed by atoms with van der Waals surface area (Å²) < 4.78 is 68.5. The Morgan fingerprint density at radius 2 is 0.505 bits per heavy atom. The first-order valence-corrected chi connectivity index (χ1v) is 42.1. The molecule has 0 amide bonds. The molecule has 560 valence electrons. The molecule has 0 saturated heterocycles. The zero-order valence-corrected chi connectivity index (χ0v) is 62.9. The van der Waals surface area contributed by atoms with Crippen LogP contribution in [0.4, 0.5) is 0 Å². The molecule has 0 aromatic rings. The van der Waals surface area contributed by atoms with Gasteiger partial charge in [0.25, 0.3) is 0 Å². The Morgan fingerprint density at radius 3 is 0.768 bits per heavy atom. The molecule has 0 aliphatic rings. The lowest BCUT2D eigenvalue weighted by Crippen LogP contribution is -2.30. The number of hydrogen-bond acceptors (Lipinski definition) is 15. The van der Waals surface area contributed by atoms with Gasteiger partial charge in [-0.15, -0.1) is 0 Å². The zero-order valence-electron chi connectivity index (χ0n) is 61.1. The first kappa shape index (κ1) is 92.5. The number of aliphatic hydroxyl groups is 1. The number of esters is 4. The van der Waals surface area contributed by atoms with E-state index in [9.17, 15) is 43.2 Å². The van der Waals surface area contributed by atoms with Gasteiger partial charge in [0, 0.05) is 25.7 Å². The van der Waals surface area contributed by atoms with Crippen molar-refractivity contribution in [2.75, 3.05) is 39.6 Å². The molecule has 19 heteroatoms. The van der Waals surface area contributed by atoms with Gasteiger partial charge in [0.1, 0.15) is 19.3 Å². The number of carbonyl (C=O) groups excluding carboxylic acids is 4. The third-order valence-electron chi connectivity index (χ3n) is 17.2. The maximum atomic E-state index is 13.1. The lowest BCUT2D eigenvalue weighted by atomic mass is 10.0. The summed E-state index contributed by atoms with van der Waals surface area (Å²) >= 11 is 0. The van der Waals surface area contributed by atoms with Crippen LogP contribution in [0.15, 0.2) is 24.3 Å². The maximum absolute atomic E-state index is 13.1. The summed E-state index contributed by atoms with van der Waals surface area (Å²) in [5.74, 6) is -2.14. The van der Waals surface area contributed by atoms with Crippen molar-refractivity contribution in [1.82, 2.24) is 0 Å². The van der Waals surface area contributed by atoms with E-state index in [0.29, 0.717) is 25.7 Å². The number of hydrogen-bond donors (Lipinski definition) is 3. The van der Waals surface area contributed by atoms with Crippen molar-refractivity contribution >= 4 is 39.5 Å². The fraction of sp³-hybridized carbons (Fsp3) is 0.895. The van der Waals surface area contributed by atoms with E-state index in [1.54, 1.807) is 0 Å². The Bertz CT molecular complexity index is 1900. The minimum Gasteiger partial charge on any atom is -0.462 e. The molecule has 0 bridgehead atoms. The predicted octanol–water partition coefficient (Wildman–Crippen LogP) is 22.2. The summed E-state index contributed by atoms with van der Waals surface area (Å²) in [5.41, 5.74) is 0. The number of phosphoric acid groups is 2. The Hall–Kier alpha value is -2.46. The van der Waals surface area contributed by atoms with E-state index in [1.807, 2.05) is 0 Å². The summed E-state index contributed by atoms with van der Waals surface area (Å²) in [4.78, 5) is 72.8. The third kappa shape index (κ3) is 69.8. The number of aliphatic hydroxyl groups excluding tert-OH is 1. The largest absolute Gasteiger partial charge is 0.472 e. The van der Waals surface area contributed by atoms with E-state index in [0.717, 1.165) is 109 Å². The molecule has 0 saturated carbocycles. The topological polar surface area (TPSA) is 237 Å². The van der Waals surface area contributed by atoms with Crippen LogP contribution in [0, 0.1) is 0 Å². The van der Waals surface area contributed by atoms with Crippen LogP contribution in [0.3, 0.4) is 0 Å². The quantitative estimate of drug-likeness (QED) is 0.0169. The second kappa shape index (κ2) is 70.0. The van der Waals surface area contributed by atoms with Crippen molar-refractivity contribution in [2.24, 2.45) is 0 Å². The molecule has 5 atom stereocenters. The number of allylic oxidation sites excluding steroid dienone is 4. The van der Waals surface area contributed by atoms with Gasteiger partial charge in [-0.2, -0.15) is 0 Å². The summed E-state index contributed by atoms with van der Waals surface area (Å²) in [6.07, 6.45) is 63.1. The van der Waals surface area contributed by atoms with Gasteiger partial charge in [0.2, 0.25) is 0 Å². The molecule has 0 spiro atoms. The fourth-order valence-electron chi connectivity index (χ4n) is 11.2. The van der Waals surface area contributed by atoms with Gasteiger partial charge < -0.3 is 33.8 Å². The molecule has 0 aliphatic heterocycles. The standard InChI is InChI=1S/C76H144O17P2/c1-5-9-13-17-21-25-29-32-34-35-37-40-43-47-51-55-59-63-76(81)93-72(67-87-74(79)61-57-53-49-45-41-39-36-33-30-26-22-18-14-10-6-2)69-91-95(84,85)89-65-70(77)64-88-94(82,83)90-68-71(66-86-73(78)60-56-52-48-44-28-24-20-16-12-8-4)92-75(80)62-58-54-50-46-42-38-31-27-23-19-15-11-7-3/h26,30,33,36,70-72,77H,5-25,27-29,31-32,34-35,37-69H2,1-4H3,(H,82,83)(H,84,85)/b30-26-,36-33-/t70-,71+,72+/m0/s1. The van der Waals surface area contributed by atoms with Crippen LogP contribution in [0.1, 0.15) is 381 Å². The van der Waals surface area contributed by atoms with E-state index in [-0.39, 0.29) is 25.7 Å². The molecule has 2 unspecified atom stereocenters. The van der Waals surface area contributed by atoms with Crippen LogP contribution >= 0.6 is 15.6 Å². The molecule has 0 rings (SSSR count). The highest BCUT2D eigenvalue weighted by Gasteiger charge is 2.30. The van der Waals surface area contributed by atoms with E-state index < -0.39 is 97.5 Å². The van der Waals surface area contributed by atoms with E-state index >= 15 is 0 Å². The lowest BCUT2D eigenvalue weighted by Gasteiger charge is -2.21. The summed E-state index contributed by atoms with van der Waals surface area (Å²) in [6.45, 7) is 4.92. The number of phosphoric ester groups is 2. The first-order chi connectivity index (χ1) is 46.2. The SMILES string of the molecule is CCCCCC/C=C\C=C/CCCCCCCC(=O)OC[C@H](COP(=O)(O)OC[C@@H](O)COP(=O)(O)OC[C@@H](COC(=O)CCCCCCCCCCCC)OC(=O)CCCCCCCCCCCCCCC)OC(=O)CCCCCCCCCCCCCCCCCCC. The van der Waals surface area contributed by atoms with E-state index in [1.165, 1.54) is 193 Å². The van der Waals surface area contributed by atoms with Gasteiger partial charge in [-0.05, 0) is 51.4 Å². The highest BCUT2D eigenvalue weighted by molar-refractivity contribution is 7.47. The minimum atomic E-state index is -4.96. The van der Waals surface area contributed by atoms with Crippen molar-refractivity contribution in [1.29, 1.82) is 0 Å². The smallest absolute Gasteiger partial charge is 0.462 e. The number of rotatable bonds is 75. The van der Waals surface area contributed by atoms with Gasteiger partial charge in [-0.25, -0.2) is 9.13 Å². The molecule has 17 nitrogen and oxygen atoms in total. The fourth-order valence-corrected chi connectivity index (χ4v) is 12.8. The normalized spacial score (nSPS) is 14.1. The molecule has 0 aliphatic carbocycles. The zero-order chi connectivity index (χ0) is 69.7. The average molecular weight is 1390 g/mol. The molecule has 0 fully saturated rings. The van der Waals surface area contributed by atoms with Crippen molar-refractivity contribution < 1.29 is 80.2 Å². The Balaban J connectivity index is 5.27. The monoisotopic (exact) mass is 1390 g/mol. The second-order valence-corrected chi connectivity index (χ2v) is 29.6. The average Bonchev–Trinajstić information content (AvgIpc) is 1.54. The summed E-state index contributed by atoms with van der Waals surface area (Å²) in [6, 6.07) is 0. The van der Waals surface area contributed by atoms with Crippen molar-refractivity contribution in [2.45, 2.75) is 399 Å². The maximum Gasteiger partial charge on any atom is 0.472 e. The molecule has 0 radical (unpaired) electrons. The molecular formula is C76H144O17P2. The highest BCUT2D eigenvalue weighted by atomic mass is 31.2. The molecule has 95 heavy (non-hydrogen) atoms. The highest BCUT2D eigenvalue weighted by Crippen LogP contribution is 2.45. The first-order valence-electron chi connectivity index (χ1n) is 39.1. The lowest BCUT2D eigenvalue weighted by molar-refractivity contribution is -0.161. The molecule has 0 aromatic carbocycles. The van der Waals surface area contributed by atoms with Crippen LogP contribution in [-0.2, 0) is 65.4 Å². The van der Waals surface area contributed by atoms with Crippen LogP contribution in [-0.4, -0.2) is 96.7 Å². The Kier molecular flexibility index (Phi) is 68.2. The molecule has 0 heterocycles. The predicted molar refractivity (Wildman–Crippen MR) is 386 cm³/mol. The Labute approximate surface area is 580 Å². The number of ether oxygens (including phenoxy) is 4.